The molecular formula is C38H52O13. The SMILES string of the molecule is CC(=O)O[C@H]1[C@@H](C)[C@H]2[C@@H](C(=O)C(OC(=O)CC(C)C)[C@H]3C[C@@H]4O[C@@H]4[C@H](OC(C)=O)[C@]23C)[C@@H]2[C@@H](O)[C@@H]3[C@H]([C@H](C)[C@H]4O[C@]45OC(=O)[C@@](C)(O)[C@]35C)[C@]21C. The summed E-state index contributed by atoms with van der Waals surface area (Å²) in [5.74, 6) is -9.49. The Labute approximate surface area is 297 Å². The summed E-state index contributed by atoms with van der Waals surface area (Å²) in [5.41, 5.74) is -5.60. The van der Waals surface area contributed by atoms with Gasteiger partial charge in [0.1, 0.15) is 24.4 Å². The van der Waals surface area contributed by atoms with Crippen molar-refractivity contribution in [3.05, 3.63) is 0 Å². The Morgan fingerprint density at radius 3 is 2.12 bits per heavy atom. The predicted octanol–water partition coefficient (Wildman–Crippen LogP) is 2.35. The summed E-state index contributed by atoms with van der Waals surface area (Å²) in [6.45, 7) is 17.4. The maximum absolute atomic E-state index is 15.4. The van der Waals surface area contributed by atoms with Gasteiger partial charge in [-0.2, -0.15) is 0 Å². The molecule has 13 nitrogen and oxygen atoms in total. The highest BCUT2D eigenvalue weighted by molar-refractivity contribution is 5.90. The molecule has 51 heavy (non-hydrogen) atoms. The molecule has 8 fully saturated rings. The average Bonchev–Trinajstić information content (AvgIpc) is 3.92. The largest absolute Gasteiger partial charge is 0.462 e. The lowest BCUT2D eigenvalue weighted by Crippen LogP contribution is -2.72. The summed E-state index contributed by atoms with van der Waals surface area (Å²) >= 11 is 0. The number of aliphatic hydroxyl groups is 2. The first-order valence-electron chi connectivity index (χ1n) is 18.7. The number of aliphatic hydroxyl groups excluding tert-OH is 1. The third-order valence-electron chi connectivity index (χ3n) is 15.6. The summed E-state index contributed by atoms with van der Waals surface area (Å²) in [4.78, 5) is 68.0. The van der Waals surface area contributed by atoms with E-state index < -0.39 is 130 Å². The van der Waals surface area contributed by atoms with E-state index in [1.807, 2.05) is 41.5 Å². The van der Waals surface area contributed by atoms with Crippen LogP contribution in [0.1, 0.15) is 82.1 Å². The molecule has 3 aliphatic heterocycles. The highest BCUT2D eigenvalue weighted by Crippen LogP contribution is 2.81. The van der Waals surface area contributed by atoms with Crippen molar-refractivity contribution in [2.45, 2.75) is 136 Å². The zero-order chi connectivity index (χ0) is 37.3. The fourth-order valence-electron chi connectivity index (χ4n) is 13.8. The number of carbonyl (C=O) groups excluding carboxylic acids is 5. The molecule has 1 unspecified atom stereocenters. The van der Waals surface area contributed by atoms with Crippen LogP contribution < -0.4 is 0 Å². The van der Waals surface area contributed by atoms with Gasteiger partial charge in [0.15, 0.2) is 17.5 Å². The van der Waals surface area contributed by atoms with E-state index in [0.29, 0.717) is 6.42 Å². The summed E-state index contributed by atoms with van der Waals surface area (Å²) in [7, 11) is 0. The zero-order valence-corrected chi connectivity index (χ0v) is 31.0. The third-order valence-corrected chi connectivity index (χ3v) is 15.6. The van der Waals surface area contributed by atoms with Gasteiger partial charge in [0.2, 0.25) is 5.79 Å². The lowest BCUT2D eigenvalue weighted by molar-refractivity contribution is -0.249. The van der Waals surface area contributed by atoms with Gasteiger partial charge in [0, 0.05) is 54.8 Å². The van der Waals surface area contributed by atoms with Crippen molar-refractivity contribution in [1.29, 1.82) is 0 Å². The zero-order valence-electron chi connectivity index (χ0n) is 31.0. The minimum Gasteiger partial charge on any atom is -0.462 e. The van der Waals surface area contributed by atoms with Gasteiger partial charge in [-0.1, -0.05) is 41.5 Å². The monoisotopic (exact) mass is 716 g/mol. The Kier molecular flexibility index (Phi) is 7.32. The van der Waals surface area contributed by atoms with E-state index in [1.54, 1.807) is 6.92 Å². The number of hydrogen-bond acceptors (Lipinski definition) is 13. The highest BCUT2D eigenvalue weighted by Gasteiger charge is 2.93. The van der Waals surface area contributed by atoms with Gasteiger partial charge < -0.3 is 38.6 Å². The van der Waals surface area contributed by atoms with Crippen molar-refractivity contribution in [2.24, 2.45) is 69.5 Å². The second-order valence-electron chi connectivity index (χ2n) is 18.4. The third kappa shape index (κ3) is 4.04. The maximum Gasteiger partial charge on any atom is 0.341 e. The van der Waals surface area contributed by atoms with Crippen molar-refractivity contribution in [1.82, 2.24) is 0 Å². The fraction of sp³-hybridized carbons (Fsp3) is 0.868. The average molecular weight is 717 g/mol. The van der Waals surface area contributed by atoms with E-state index >= 15 is 4.79 Å². The number of ether oxygens (including phenoxy) is 6. The minimum absolute atomic E-state index is 0.0266. The number of epoxide rings is 2. The van der Waals surface area contributed by atoms with Crippen LogP contribution in [-0.2, 0) is 52.4 Å². The molecule has 0 aromatic carbocycles. The van der Waals surface area contributed by atoms with Crippen molar-refractivity contribution < 1.29 is 62.6 Å². The summed E-state index contributed by atoms with van der Waals surface area (Å²) < 4.78 is 36.8. The lowest BCUT2D eigenvalue weighted by Gasteiger charge is -2.65. The minimum atomic E-state index is -2.05. The van der Waals surface area contributed by atoms with Gasteiger partial charge >= 0.3 is 23.9 Å². The van der Waals surface area contributed by atoms with Crippen LogP contribution in [0, 0.1) is 69.5 Å². The molecule has 13 heteroatoms. The Bertz CT molecular complexity index is 1610. The maximum atomic E-state index is 15.4. The van der Waals surface area contributed by atoms with Crippen LogP contribution in [0.5, 0.6) is 0 Å². The molecule has 3 heterocycles. The highest BCUT2D eigenvalue weighted by atomic mass is 16.8. The summed E-state index contributed by atoms with van der Waals surface area (Å²) in [5, 5.41) is 24.9. The number of hydrogen-bond donors (Lipinski definition) is 2. The Balaban J connectivity index is 1.34. The van der Waals surface area contributed by atoms with Gasteiger partial charge in [-0.25, -0.2) is 4.79 Å². The number of Topliss-reactive ketones (excluding diaryl/α,β-unsaturated/α-hetero) is 1. The molecule has 0 aromatic rings. The van der Waals surface area contributed by atoms with E-state index in [9.17, 15) is 29.4 Å². The van der Waals surface area contributed by atoms with Crippen molar-refractivity contribution >= 4 is 29.7 Å². The van der Waals surface area contributed by atoms with Crippen LogP contribution in [0.15, 0.2) is 0 Å². The second-order valence-corrected chi connectivity index (χ2v) is 18.4. The number of fused-ring (bicyclic) bond motifs is 9. The standard InChI is InChI=1S/C38H52O13/c1-13(2)11-20(41)49-28-18-12-19-29(48-19)32(47-17(6)40)34(18,7)22-14(3)30(46-16(5)39)35(8)23-15(4)31-38(50-31)36(9,37(10,45)33(44)51-38)25(23)27(43)24(35)21(22)26(28)42/h13-15,18-19,21-25,27-32,43,45H,11-12H2,1-10H3/t14-,15-,18+,19-,21+,22-,23-,24+,25-,27+,28?,29-,30-,31+,32-,34-,35+,36-,37+,38-/m0/s1. The van der Waals surface area contributed by atoms with Crippen LogP contribution in [0.4, 0.5) is 0 Å². The van der Waals surface area contributed by atoms with E-state index in [4.69, 9.17) is 28.4 Å². The van der Waals surface area contributed by atoms with Crippen molar-refractivity contribution in [3.63, 3.8) is 0 Å². The fourth-order valence-corrected chi connectivity index (χ4v) is 13.8. The first-order chi connectivity index (χ1) is 23.6. The second kappa shape index (κ2) is 10.5. The molecule has 8 rings (SSSR count). The number of rotatable bonds is 5. The van der Waals surface area contributed by atoms with Crippen LogP contribution in [-0.4, -0.2) is 94.0 Å². The Morgan fingerprint density at radius 2 is 1.51 bits per heavy atom. The van der Waals surface area contributed by atoms with Gasteiger partial charge in [-0.05, 0) is 49.9 Å². The quantitative estimate of drug-likeness (QED) is 0.240. The number of esters is 4. The normalized spacial score (nSPS) is 56.9. The molecule has 282 valence electrons. The molecule has 5 saturated carbocycles. The molecular weight excluding hydrogens is 664 g/mol. The van der Waals surface area contributed by atoms with Gasteiger partial charge in [0.05, 0.1) is 17.6 Å². The molecule has 3 saturated heterocycles. The first-order valence-corrected chi connectivity index (χ1v) is 18.7. The molecule has 8 aliphatic rings. The molecule has 0 aromatic heterocycles. The van der Waals surface area contributed by atoms with Crippen LogP contribution in [0.2, 0.25) is 0 Å². The van der Waals surface area contributed by atoms with Crippen molar-refractivity contribution in [3.8, 4) is 0 Å². The lowest BCUT2D eigenvalue weighted by atomic mass is 9.39. The Morgan fingerprint density at radius 1 is 0.882 bits per heavy atom. The van der Waals surface area contributed by atoms with Crippen LogP contribution >= 0.6 is 0 Å². The predicted molar refractivity (Wildman–Crippen MR) is 173 cm³/mol. The molecule has 2 N–H and O–H groups in total. The summed E-state index contributed by atoms with van der Waals surface area (Å²) in [6.07, 6.45) is -5.00. The molecule has 0 radical (unpaired) electrons. The van der Waals surface area contributed by atoms with Crippen LogP contribution in [0.25, 0.3) is 0 Å². The first kappa shape index (κ1) is 35.4. The number of ketones is 1. The van der Waals surface area contributed by atoms with E-state index in [-0.39, 0.29) is 30.1 Å². The van der Waals surface area contributed by atoms with E-state index in [1.165, 1.54) is 20.8 Å². The van der Waals surface area contributed by atoms with E-state index in [0.717, 1.165) is 0 Å². The summed E-state index contributed by atoms with van der Waals surface area (Å²) in [6, 6.07) is 0. The Hall–Kier alpha value is -2.61. The molecule has 20 atom stereocenters. The molecule has 5 aliphatic carbocycles. The molecule has 0 bridgehead atoms. The molecule has 0 amide bonds. The van der Waals surface area contributed by atoms with E-state index in [2.05, 4.69) is 0 Å². The van der Waals surface area contributed by atoms with Crippen LogP contribution in [0.3, 0.4) is 0 Å². The molecule has 1 spiro atoms. The van der Waals surface area contributed by atoms with Gasteiger partial charge in [-0.3, -0.25) is 19.2 Å². The topological polar surface area (TPSA) is 188 Å². The van der Waals surface area contributed by atoms with Crippen molar-refractivity contribution in [2.75, 3.05) is 0 Å². The number of carbonyl (C=O) groups is 5. The van der Waals surface area contributed by atoms with Gasteiger partial charge in [-0.15, -0.1) is 0 Å². The van der Waals surface area contributed by atoms with Gasteiger partial charge in [0.25, 0.3) is 0 Å². The smallest absolute Gasteiger partial charge is 0.341 e.